The third-order valence-electron chi connectivity index (χ3n) is 2.30. The summed E-state index contributed by atoms with van der Waals surface area (Å²) < 4.78 is 4.72. The summed E-state index contributed by atoms with van der Waals surface area (Å²) in [5, 5.41) is 10.0. The van der Waals surface area contributed by atoms with Crippen molar-refractivity contribution in [2.45, 2.75) is 58.3 Å². The Morgan fingerprint density at radius 3 is 2.06 bits per heavy atom. The Balaban J connectivity index is 0. The first-order chi connectivity index (χ1) is 7.66. The molecule has 0 aromatic carbocycles. The van der Waals surface area contributed by atoms with Crippen molar-refractivity contribution in [3.05, 3.63) is 0 Å². The van der Waals surface area contributed by atoms with E-state index in [0.29, 0.717) is 6.61 Å². The predicted octanol–water partition coefficient (Wildman–Crippen LogP) is -1.58. The van der Waals surface area contributed by atoms with E-state index in [9.17, 15) is 14.7 Å². The zero-order chi connectivity index (χ0) is 12.2. The van der Waals surface area contributed by atoms with Crippen molar-refractivity contribution in [3.8, 4) is 0 Å². The van der Waals surface area contributed by atoms with Crippen LogP contribution in [0.2, 0.25) is 0 Å². The van der Waals surface area contributed by atoms with Crippen molar-refractivity contribution >= 4 is 11.9 Å². The van der Waals surface area contributed by atoms with Crippen LogP contribution in [0.1, 0.15) is 58.3 Å². The summed E-state index contributed by atoms with van der Waals surface area (Å²) in [6.07, 6.45) is 7.35. The maximum Gasteiger partial charge on any atom is 1.00 e. The van der Waals surface area contributed by atoms with E-state index in [2.05, 4.69) is 6.92 Å². The molecule has 0 N–H and O–H groups in total. The van der Waals surface area contributed by atoms with E-state index in [1.807, 2.05) is 0 Å². The zero-order valence-electron chi connectivity index (χ0n) is 11.0. The van der Waals surface area contributed by atoms with Crippen LogP contribution in [0, 0.1) is 0 Å². The fourth-order valence-electron chi connectivity index (χ4n) is 1.41. The molecular weight excluding hydrogens is 231 g/mol. The summed E-state index contributed by atoms with van der Waals surface area (Å²) in [7, 11) is 0. The standard InChI is InChI=1S/C12H22O4.Na/c1-2-3-4-5-6-7-8-9-16-12(15)10-11(13)14;/h2-10H2,1H3,(H,13,14);/q;+1/p-1. The number of carboxylic acids is 1. The van der Waals surface area contributed by atoms with Crippen LogP contribution in [0.5, 0.6) is 0 Å². The molecule has 0 rings (SSSR count). The Bertz CT molecular complexity index is 207. The first-order valence-electron chi connectivity index (χ1n) is 6.02. The topological polar surface area (TPSA) is 66.4 Å². The molecule has 0 aliphatic carbocycles. The minimum Gasteiger partial charge on any atom is -0.550 e. The summed E-state index contributed by atoms with van der Waals surface area (Å²) in [6, 6.07) is 0. The van der Waals surface area contributed by atoms with E-state index in [1.165, 1.54) is 25.7 Å². The van der Waals surface area contributed by atoms with E-state index in [4.69, 9.17) is 4.74 Å². The number of unbranched alkanes of at least 4 members (excludes halogenated alkanes) is 6. The molecule has 5 heteroatoms. The normalized spacial score (nSPS) is 9.47. The van der Waals surface area contributed by atoms with Crippen molar-refractivity contribution in [1.82, 2.24) is 0 Å². The van der Waals surface area contributed by atoms with Gasteiger partial charge in [-0.05, 0) is 6.42 Å². The largest absolute Gasteiger partial charge is 1.00 e. The Labute approximate surface area is 125 Å². The van der Waals surface area contributed by atoms with E-state index in [1.54, 1.807) is 0 Å². The summed E-state index contributed by atoms with van der Waals surface area (Å²) in [4.78, 5) is 20.8. The molecule has 0 saturated heterocycles. The maximum absolute atomic E-state index is 10.8. The molecule has 4 nitrogen and oxygen atoms in total. The molecule has 0 aromatic heterocycles. The minimum absolute atomic E-state index is 0. The third kappa shape index (κ3) is 15.9. The van der Waals surface area contributed by atoms with Gasteiger partial charge in [-0.25, -0.2) is 0 Å². The molecule has 0 radical (unpaired) electrons. The van der Waals surface area contributed by atoms with E-state index < -0.39 is 18.4 Å². The van der Waals surface area contributed by atoms with Gasteiger partial charge in [0, 0.05) is 0 Å². The predicted molar refractivity (Wildman–Crippen MR) is 58.6 cm³/mol. The monoisotopic (exact) mass is 252 g/mol. The minimum atomic E-state index is -1.38. The average molecular weight is 252 g/mol. The number of ether oxygens (including phenoxy) is 1. The van der Waals surface area contributed by atoms with Gasteiger partial charge in [0.25, 0.3) is 0 Å². The fraction of sp³-hybridized carbons (Fsp3) is 0.833. The fourth-order valence-corrected chi connectivity index (χ4v) is 1.41. The summed E-state index contributed by atoms with van der Waals surface area (Å²) >= 11 is 0. The first-order valence-corrected chi connectivity index (χ1v) is 6.02. The molecule has 0 atom stereocenters. The van der Waals surface area contributed by atoms with E-state index in [0.717, 1.165) is 19.3 Å². The van der Waals surface area contributed by atoms with Crippen molar-refractivity contribution in [1.29, 1.82) is 0 Å². The molecule has 0 aromatic rings. The second-order valence-electron chi connectivity index (χ2n) is 3.89. The van der Waals surface area contributed by atoms with Crippen molar-refractivity contribution in [2.24, 2.45) is 0 Å². The van der Waals surface area contributed by atoms with Gasteiger partial charge in [0.1, 0.15) is 0 Å². The first kappa shape index (κ1) is 19.3. The van der Waals surface area contributed by atoms with Crippen LogP contribution >= 0.6 is 0 Å². The quantitative estimate of drug-likeness (QED) is 0.204. The van der Waals surface area contributed by atoms with Crippen LogP contribution < -0.4 is 34.7 Å². The Hall–Kier alpha value is -0.0600. The number of carboxylic acid groups (broad SMARTS) is 1. The summed E-state index contributed by atoms with van der Waals surface area (Å²) in [5.41, 5.74) is 0. The molecule has 0 unspecified atom stereocenters. The van der Waals surface area contributed by atoms with Crippen molar-refractivity contribution < 1.29 is 49.0 Å². The number of esters is 1. The second-order valence-corrected chi connectivity index (χ2v) is 3.89. The van der Waals surface area contributed by atoms with Gasteiger partial charge in [0.2, 0.25) is 0 Å². The van der Waals surface area contributed by atoms with Crippen LogP contribution in [0.15, 0.2) is 0 Å². The van der Waals surface area contributed by atoms with Crippen molar-refractivity contribution in [2.75, 3.05) is 6.61 Å². The number of carbonyl (C=O) groups is 2. The molecule has 17 heavy (non-hydrogen) atoms. The molecule has 0 bridgehead atoms. The maximum atomic E-state index is 10.8. The molecule has 0 fully saturated rings. The van der Waals surface area contributed by atoms with Gasteiger partial charge in [-0.2, -0.15) is 0 Å². The van der Waals surface area contributed by atoms with Gasteiger partial charge in [-0.3, -0.25) is 4.79 Å². The van der Waals surface area contributed by atoms with Gasteiger partial charge in [0.05, 0.1) is 19.0 Å². The molecule has 0 aliphatic heterocycles. The number of rotatable bonds is 10. The summed E-state index contributed by atoms with van der Waals surface area (Å²) in [5.74, 6) is -2.09. The molecule has 0 heterocycles. The van der Waals surface area contributed by atoms with Crippen molar-refractivity contribution in [3.63, 3.8) is 0 Å². The van der Waals surface area contributed by atoms with Crippen LogP contribution in [-0.2, 0) is 14.3 Å². The number of hydrogen-bond donors (Lipinski definition) is 0. The number of aliphatic carboxylic acids is 1. The number of carbonyl (C=O) groups excluding carboxylic acids is 2. The van der Waals surface area contributed by atoms with Crippen LogP contribution in [-0.4, -0.2) is 18.5 Å². The molecular formula is C12H21NaO4. The number of hydrogen-bond acceptors (Lipinski definition) is 4. The second kappa shape index (κ2) is 14.0. The van der Waals surface area contributed by atoms with Gasteiger partial charge in [-0.15, -0.1) is 0 Å². The van der Waals surface area contributed by atoms with E-state index >= 15 is 0 Å². The average Bonchev–Trinajstić information content (AvgIpc) is 2.21. The van der Waals surface area contributed by atoms with Gasteiger partial charge in [0.15, 0.2) is 0 Å². The summed E-state index contributed by atoms with van der Waals surface area (Å²) in [6.45, 7) is 2.50. The Morgan fingerprint density at radius 2 is 1.53 bits per heavy atom. The van der Waals surface area contributed by atoms with Crippen LogP contribution in [0.3, 0.4) is 0 Å². The third-order valence-corrected chi connectivity index (χ3v) is 2.30. The van der Waals surface area contributed by atoms with Gasteiger partial charge < -0.3 is 14.6 Å². The van der Waals surface area contributed by atoms with Crippen LogP contribution in [0.4, 0.5) is 0 Å². The zero-order valence-corrected chi connectivity index (χ0v) is 13.0. The molecule has 94 valence electrons. The SMILES string of the molecule is CCCCCCCCCOC(=O)CC(=O)[O-].[Na+]. The van der Waals surface area contributed by atoms with Gasteiger partial charge >= 0.3 is 35.5 Å². The van der Waals surface area contributed by atoms with Gasteiger partial charge in [-0.1, -0.05) is 45.4 Å². The Morgan fingerprint density at radius 1 is 1.00 bits per heavy atom. The van der Waals surface area contributed by atoms with E-state index in [-0.39, 0.29) is 29.6 Å². The molecule has 0 amide bonds. The van der Waals surface area contributed by atoms with Crippen LogP contribution in [0.25, 0.3) is 0 Å². The molecule has 0 saturated carbocycles. The molecule has 0 aliphatic rings. The molecule has 0 spiro atoms. The Kier molecular flexibility index (Phi) is 15.9. The smallest absolute Gasteiger partial charge is 0.550 e.